The molecule has 0 aliphatic heterocycles. The minimum atomic E-state index is -3.95. The van der Waals surface area contributed by atoms with Crippen molar-refractivity contribution in [2.24, 2.45) is 0 Å². The summed E-state index contributed by atoms with van der Waals surface area (Å²) in [6, 6.07) is 15.5. The van der Waals surface area contributed by atoms with Crippen molar-refractivity contribution in [3.8, 4) is 0 Å². The number of sulfonamides is 1. The number of hydrogen-bond acceptors (Lipinski definition) is 5. The third-order valence-corrected chi connectivity index (χ3v) is 6.80. The van der Waals surface area contributed by atoms with Crippen LogP contribution in [0.15, 0.2) is 59.5 Å². The van der Waals surface area contributed by atoms with Gasteiger partial charge in [-0.1, -0.05) is 35.9 Å². The number of fused-ring (bicyclic) bond motifs is 1. The van der Waals surface area contributed by atoms with E-state index in [1.807, 2.05) is 51.1 Å². The predicted molar refractivity (Wildman–Crippen MR) is 116 cm³/mol. The van der Waals surface area contributed by atoms with Gasteiger partial charge in [0.1, 0.15) is 0 Å². The second-order valence-corrected chi connectivity index (χ2v) is 9.35. The van der Waals surface area contributed by atoms with Crippen molar-refractivity contribution >= 4 is 33.4 Å². The molecule has 0 saturated carbocycles. The van der Waals surface area contributed by atoms with Crippen LogP contribution in [0.5, 0.6) is 0 Å². The lowest BCUT2D eigenvalue weighted by molar-refractivity contribution is 0.589. The van der Waals surface area contributed by atoms with Crippen molar-refractivity contribution < 1.29 is 8.42 Å². The maximum Gasteiger partial charge on any atom is 0.267 e. The highest BCUT2D eigenvalue weighted by molar-refractivity contribution is 7.92. The quantitative estimate of drug-likeness (QED) is 0.465. The fourth-order valence-electron chi connectivity index (χ4n) is 3.20. The Bertz CT molecular complexity index is 1330. The lowest BCUT2D eigenvalue weighted by Gasteiger charge is -2.22. The monoisotopic (exact) mass is 441 g/mol. The number of halogens is 1. The summed E-state index contributed by atoms with van der Waals surface area (Å²) in [5.74, 6) is 0.415. The van der Waals surface area contributed by atoms with E-state index in [1.54, 1.807) is 16.6 Å². The summed E-state index contributed by atoms with van der Waals surface area (Å²) in [5.41, 5.74) is 3.43. The number of hydrogen-bond donors (Lipinski definition) is 0. The summed E-state index contributed by atoms with van der Waals surface area (Å²) in [5, 5.41) is 4.91. The summed E-state index contributed by atoms with van der Waals surface area (Å²) in [6.45, 7) is 5.76. The van der Waals surface area contributed by atoms with Gasteiger partial charge < -0.3 is 0 Å². The van der Waals surface area contributed by atoms with Crippen LogP contribution in [0.1, 0.15) is 22.5 Å². The largest absolute Gasteiger partial charge is 0.267 e. The molecular weight excluding hydrogens is 422 g/mol. The van der Waals surface area contributed by atoms with E-state index in [4.69, 9.17) is 11.6 Å². The fourth-order valence-corrected chi connectivity index (χ4v) is 4.66. The van der Waals surface area contributed by atoms with E-state index in [9.17, 15) is 8.42 Å². The van der Waals surface area contributed by atoms with Crippen LogP contribution in [-0.2, 0) is 16.6 Å². The lowest BCUT2D eigenvalue weighted by atomic mass is 10.1. The molecule has 7 nitrogen and oxygen atoms in total. The number of benzene rings is 2. The second-order valence-electron chi connectivity index (χ2n) is 7.05. The highest BCUT2D eigenvalue weighted by Gasteiger charge is 2.29. The zero-order valence-corrected chi connectivity index (χ0v) is 18.3. The molecule has 2 aromatic heterocycles. The molecule has 0 unspecified atom stereocenters. The van der Waals surface area contributed by atoms with Crippen molar-refractivity contribution in [3.05, 3.63) is 82.1 Å². The lowest BCUT2D eigenvalue weighted by Crippen LogP contribution is -2.32. The second kappa shape index (κ2) is 7.70. The van der Waals surface area contributed by atoms with Gasteiger partial charge in [0.2, 0.25) is 0 Å². The third kappa shape index (κ3) is 3.76. The summed E-state index contributed by atoms with van der Waals surface area (Å²) in [7, 11) is -3.95. The standard InChI is InChI=1S/C21H20ClN5O2S/c1-14-6-4-5-7-17(14)13-26(30(28,29)19-10-8-18(22)9-11-19)21-24-20-23-15(2)12-16(3)27(20)25-21/h4-12H,13H2,1-3H3. The minimum absolute atomic E-state index is 0.0643. The van der Waals surface area contributed by atoms with Gasteiger partial charge in [-0.05, 0) is 62.2 Å². The molecule has 0 bridgehead atoms. The first-order valence-corrected chi connectivity index (χ1v) is 11.1. The van der Waals surface area contributed by atoms with Crippen molar-refractivity contribution in [3.63, 3.8) is 0 Å². The van der Waals surface area contributed by atoms with E-state index in [0.29, 0.717) is 10.8 Å². The summed E-state index contributed by atoms with van der Waals surface area (Å²) >= 11 is 5.95. The molecule has 0 radical (unpaired) electrons. The topological polar surface area (TPSA) is 80.5 Å². The SMILES string of the molecule is Cc1cc(C)n2nc(N(Cc3ccccc3C)S(=O)(=O)c3ccc(Cl)cc3)nc2n1. The molecule has 0 atom stereocenters. The summed E-state index contributed by atoms with van der Waals surface area (Å²) in [6.07, 6.45) is 0. The molecule has 0 aliphatic carbocycles. The third-order valence-electron chi connectivity index (χ3n) is 4.81. The first-order chi connectivity index (χ1) is 14.3. The first kappa shape index (κ1) is 20.3. The smallest absolute Gasteiger partial charge is 0.228 e. The maximum absolute atomic E-state index is 13.6. The minimum Gasteiger partial charge on any atom is -0.228 e. The van der Waals surface area contributed by atoms with E-state index >= 15 is 0 Å². The van der Waals surface area contributed by atoms with Gasteiger partial charge in [0.15, 0.2) is 0 Å². The van der Waals surface area contributed by atoms with E-state index in [-0.39, 0.29) is 17.4 Å². The number of anilines is 1. The maximum atomic E-state index is 13.6. The van der Waals surface area contributed by atoms with Crippen molar-refractivity contribution in [2.75, 3.05) is 4.31 Å². The Kier molecular flexibility index (Phi) is 5.21. The van der Waals surface area contributed by atoms with Crippen LogP contribution >= 0.6 is 11.6 Å². The summed E-state index contributed by atoms with van der Waals surface area (Å²) in [4.78, 5) is 8.92. The molecule has 30 heavy (non-hydrogen) atoms. The normalized spacial score (nSPS) is 11.7. The van der Waals surface area contributed by atoms with Crippen LogP contribution in [0.3, 0.4) is 0 Å². The van der Waals surface area contributed by atoms with Gasteiger partial charge in [-0.3, -0.25) is 0 Å². The van der Waals surface area contributed by atoms with Gasteiger partial charge in [-0.15, -0.1) is 5.10 Å². The Morgan fingerprint density at radius 2 is 1.70 bits per heavy atom. The Hall–Kier alpha value is -2.97. The average molecular weight is 442 g/mol. The zero-order valence-electron chi connectivity index (χ0n) is 16.7. The van der Waals surface area contributed by atoms with E-state index in [2.05, 4.69) is 15.1 Å². The molecule has 0 fully saturated rings. The molecule has 0 N–H and O–H groups in total. The van der Waals surface area contributed by atoms with Crippen LogP contribution in [0, 0.1) is 20.8 Å². The van der Waals surface area contributed by atoms with E-state index in [0.717, 1.165) is 22.5 Å². The zero-order chi connectivity index (χ0) is 21.5. The van der Waals surface area contributed by atoms with Crippen LogP contribution < -0.4 is 4.31 Å². The van der Waals surface area contributed by atoms with Crippen molar-refractivity contribution in [2.45, 2.75) is 32.2 Å². The molecule has 154 valence electrons. The molecule has 2 heterocycles. The van der Waals surface area contributed by atoms with Crippen LogP contribution in [0.2, 0.25) is 5.02 Å². The van der Waals surface area contributed by atoms with E-state index < -0.39 is 10.0 Å². The highest BCUT2D eigenvalue weighted by atomic mass is 35.5. The molecule has 0 saturated heterocycles. The Labute approximate surface area is 180 Å². The van der Waals surface area contributed by atoms with E-state index in [1.165, 1.54) is 16.4 Å². The van der Waals surface area contributed by atoms with Crippen LogP contribution in [-0.4, -0.2) is 28.0 Å². The first-order valence-electron chi connectivity index (χ1n) is 9.29. The molecule has 2 aromatic carbocycles. The number of aryl methyl sites for hydroxylation is 3. The fraction of sp³-hybridized carbons (Fsp3) is 0.190. The Balaban J connectivity index is 1.88. The molecule has 9 heteroatoms. The molecule has 4 rings (SSSR count). The van der Waals surface area contributed by atoms with Gasteiger partial charge in [0.25, 0.3) is 21.7 Å². The number of nitrogens with zero attached hydrogens (tertiary/aromatic N) is 5. The van der Waals surface area contributed by atoms with Gasteiger partial charge in [0.05, 0.1) is 11.4 Å². The van der Waals surface area contributed by atoms with Crippen LogP contribution in [0.25, 0.3) is 5.78 Å². The summed E-state index contributed by atoms with van der Waals surface area (Å²) < 4.78 is 29.9. The predicted octanol–water partition coefficient (Wildman–Crippen LogP) is 4.10. The molecule has 0 spiro atoms. The van der Waals surface area contributed by atoms with Crippen LogP contribution in [0.4, 0.5) is 5.95 Å². The highest BCUT2D eigenvalue weighted by Crippen LogP contribution is 2.26. The van der Waals surface area contributed by atoms with Gasteiger partial charge in [-0.25, -0.2) is 17.7 Å². The molecule has 0 amide bonds. The molecular formula is C21H20ClN5O2S. The van der Waals surface area contributed by atoms with Crippen molar-refractivity contribution in [1.29, 1.82) is 0 Å². The molecule has 0 aliphatic rings. The Morgan fingerprint density at radius 3 is 2.40 bits per heavy atom. The van der Waals surface area contributed by atoms with Gasteiger partial charge >= 0.3 is 0 Å². The Morgan fingerprint density at radius 1 is 1.00 bits per heavy atom. The number of rotatable bonds is 5. The molecule has 4 aromatic rings. The van der Waals surface area contributed by atoms with Crippen molar-refractivity contribution in [1.82, 2.24) is 19.6 Å². The average Bonchev–Trinajstić information content (AvgIpc) is 3.11. The van der Waals surface area contributed by atoms with Gasteiger partial charge in [0, 0.05) is 16.4 Å². The van der Waals surface area contributed by atoms with Gasteiger partial charge in [-0.2, -0.15) is 9.50 Å². The number of aromatic nitrogens is 4.